The first-order valence-electron chi connectivity index (χ1n) is 6.12. The molecule has 0 fully saturated rings. The predicted molar refractivity (Wildman–Crippen MR) is 77.4 cm³/mol. The lowest BCUT2D eigenvalue weighted by Gasteiger charge is -2.10. The van der Waals surface area contributed by atoms with Crippen molar-refractivity contribution in [1.29, 1.82) is 0 Å². The Morgan fingerprint density at radius 1 is 1.43 bits per heavy atom. The van der Waals surface area contributed by atoms with Crippen molar-refractivity contribution in [2.75, 3.05) is 7.11 Å². The average molecular weight is 304 g/mol. The molecule has 1 N–H and O–H groups in total. The summed E-state index contributed by atoms with van der Waals surface area (Å²) in [5, 5.41) is 11.0. The van der Waals surface area contributed by atoms with Crippen molar-refractivity contribution in [2.45, 2.75) is 6.61 Å². The fourth-order valence-electron chi connectivity index (χ4n) is 1.92. The van der Waals surface area contributed by atoms with Gasteiger partial charge in [-0.3, -0.25) is 4.40 Å². The quantitative estimate of drug-likeness (QED) is 0.784. The van der Waals surface area contributed by atoms with Crippen LogP contribution in [0.4, 0.5) is 0 Å². The molecule has 0 atom stereocenters. The van der Waals surface area contributed by atoms with E-state index in [9.17, 15) is 4.79 Å². The number of carboxylic acids is 1. The van der Waals surface area contributed by atoms with E-state index in [4.69, 9.17) is 14.6 Å². The maximum atomic E-state index is 11.0. The Morgan fingerprint density at radius 2 is 2.29 bits per heavy atom. The summed E-state index contributed by atoms with van der Waals surface area (Å²) < 4.78 is 12.7. The van der Waals surface area contributed by atoms with Gasteiger partial charge in [-0.1, -0.05) is 0 Å². The van der Waals surface area contributed by atoms with Crippen LogP contribution in [-0.4, -0.2) is 27.6 Å². The zero-order valence-corrected chi connectivity index (χ0v) is 12.0. The first kappa shape index (κ1) is 13.4. The van der Waals surface area contributed by atoms with Gasteiger partial charge in [-0.15, -0.1) is 11.3 Å². The lowest BCUT2D eigenvalue weighted by molar-refractivity contribution is 0.0696. The van der Waals surface area contributed by atoms with Crippen molar-refractivity contribution < 1.29 is 19.4 Å². The van der Waals surface area contributed by atoms with Gasteiger partial charge in [0, 0.05) is 17.8 Å². The van der Waals surface area contributed by atoms with Crippen LogP contribution in [0.2, 0.25) is 0 Å². The van der Waals surface area contributed by atoms with E-state index in [2.05, 4.69) is 4.98 Å². The van der Waals surface area contributed by atoms with Crippen molar-refractivity contribution in [2.24, 2.45) is 0 Å². The maximum Gasteiger partial charge on any atom is 0.335 e. The summed E-state index contributed by atoms with van der Waals surface area (Å²) in [5.74, 6) is -0.139. The fraction of sp³-hybridized carbons (Fsp3) is 0.143. The number of thiazole rings is 1. The van der Waals surface area contributed by atoms with E-state index >= 15 is 0 Å². The number of carbonyl (C=O) groups is 1. The summed E-state index contributed by atoms with van der Waals surface area (Å²) >= 11 is 1.54. The van der Waals surface area contributed by atoms with E-state index < -0.39 is 5.97 Å². The molecule has 21 heavy (non-hydrogen) atoms. The normalized spacial score (nSPS) is 10.7. The first-order valence-corrected chi connectivity index (χ1v) is 7.00. The second kappa shape index (κ2) is 5.45. The molecule has 0 bridgehead atoms. The van der Waals surface area contributed by atoms with Gasteiger partial charge in [0.2, 0.25) is 0 Å². The number of carboxylic acid groups (broad SMARTS) is 1. The zero-order chi connectivity index (χ0) is 14.8. The molecule has 1 aromatic carbocycles. The summed E-state index contributed by atoms with van der Waals surface area (Å²) in [6.45, 7) is 0.244. The first-order chi connectivity index (χ1) is 10.2. The smallest absolute Gasteiger partial charge is 0.335 e. The van der Waals surface area contributed by atoms with Crippen LogP contribution in [-0.2, 0) is 6.61 Å². The minimum absolute atomic E-state index is 0.150. The average Bonchev–Trinajstić information content (AvgIpc) is 3.05. The Bertz CT molecular complexity index is 765. The zero-order valence-electron chi connectivity index (χ0n) is 11.1. The molecule has 0 saturated heterocycles. The Balaban J connectivity index is 1.81. The number of nitrogens with zero attached hydrogens (tertiary/aromatic N) is 2. The molecule has 0 aliphatic rings. The number of methoxy groups -OCH3 is 1. The summed E-state index contributed by atoms with van der Waals surface area (Å²) in [4.78, 5) is 16.3. The number of benzene rings is 1. The Hall–Kier alpha value is -2.54. The lowest BCUT2D eigenvalue weighted by Crippen LogP contribution is -2.01. The highest BCUT2D eigenvalue weighted by atomic mass is 32.1. The number of ether oxygens (including phenoxy) is 2. The van der Waals surface area contributed by atoms with Crippen molar-refractivity contribution >= 4 is 22.3 Å². The van der Waals surface area contributed by atoms with Gasteiger partial charge in [-0.2, -0.15) is 0 Å². The van der Waals surface area contributed by atoms with Gasteiger partial charge in [0.15, 0.2) is 16.5 Å². The van der Waals surface area contributed by atoms with Gasteiger partial charge < -0.3 is 14.6 Å². The standard InChI is InChI=1S/C14H12N2O4S/c1-19-11-3-2-9(13(17)18)6-12(11)20-8-10-7-16-4-5-21-14(16)15-10/h2-7H,8H2,1H3,(H,17,18). The molecule has 0 spiro atoms. The molecule has 3 aromatic rings. The van der Waals surface area contributed by atoms with Crippen LogP contribution in [0.15, 0.2) is 36.0 Å². The highest BCUT2D eigenvalue weighted by Crippen LogP contribution is 2.29. The van der Waals surface area contributed by atoms with Gasteiger partial charge in [-0.25, -0.2) is 9.78 Å². The van der Waals surface area contributed by atoms with Gasteiger partial charge in [0.25, 0.3) is 0 Å². The predicted octanol–water partition coefficient (Wildman–Crippen LogP) is 2.68. The number of fused-ring (bicyclic) bond motifs is 1. The second-order valence-electron chi connectivity index (χ2n) is 4.28. The lowest BCUT2D eigenvalue weighted by atomic mass is 10.2. The van der Waals surface area contributed by atoms with Crippen molar-refractivity contribution in [3.05, 3.63) is 47.2 Å². The van der Waals surface area contributed by atoms with E-state index in [0.29, 0.717) is 11.5 Å². The molecule has 0 saturated carbocycles. The van der Waals surface area contributed by atoms with Crippen LogP contribution < -0.4 is 9.47 Å². The van der Waals surface area contributed by atoms with Crippen LogP contribution in [0, 0.1) is 0 Å². The van der Waals surface area contributed by atoms with E-state index in [-0.39, 0.29) is 12.2 Å². The van der Waals surface area contributed by atoms with Gasteiger partial charge in [0.05, 0.1) is 18.4 Å². The number of imidazole rings is 1. The number of aromatic nitrogens is 2. The van der Waals surface area contributed by atoms with Crippen LogP contribution in [0.5, 0.6) is 11.5 Å². The molecule has 6 nitrogen and oxygen atoms in total. The molecule has 2 aromatic heterocycles. The Kier molecular flexibility index (Phi) is 3.49. The molecule has 108 valence electrons. The third-order valence-corrected chi connectivity index (χ3v) is 3.70. The van der Waals surface area contributed by atoms with E-state index in [0.717, 1.165) is 10.7 Å². The van der Waals surface area contributed by atoms with Crippen LogP contribution >= 0.6 is 11.3 Å². The molecule has 0 amide bonds. The SMILES string of the molecule is COc1ccc(C(=O)O)cc1OCc1cn2ccsc2n1. The van der Waals surface area contributed by atoms with Gasteiger partial charge >= 0.3 is 5.97 Å². The summed E-state index contributed by atoms with van der Waals surface area (Å²) in [5.41, 5.74) is 0.918. The molecule has 3 rings (SSSR count). The van der Waals surface area contributed by atoms with E-state index in [1.165, 1.54) is 30.6 Å². The Labute approximate surface area is 124 Å². The highest BCUT2D eigenvalue weighted by molar-refractivity contribution is 7.15. The number of rotatable bonds is 5. The molecule has 2 heterocycles. The molecule has 0 aliphatic carbocycles. The van der Waals surface area contributed by atoms with E-state index in [1.807, 2.05) is 22.2 Å². The molecular weight excluding hydrogens is 292 g/mol. The number of aromatic carboxylic acids is 1. The highest BCUT2D eigenvalue weighted by Gasteiger charge is 2.11. The molecule has 0 aliphatic heterocycles. The molecular formula is C14H12N2O4S. The van der Waals surface area contributed by atoms with Gasteiger partial charge in [-0.05, 0) is 18.2 Å². The van der Waals surface area contributed by atoms with Gasteiger partial charge in [0.1, 0.15) is 6.61 Å². The Morgan fingerprint density at radius 3 is 3.00 bits per heavy atom. The van der Waals surface area contributed by atoms with Crippen LogP contribution in [0.3, 0.4) is 0 Å². The summed E-state index contributed by atoms with van der Waals surface area (Å²) in [6, 6.07) is 4.49. The van der Waals surface area contributed by atoms with Crippen LogP contribution in [0.1, 0.15) is 16.1 Å². The third-order valence-electron chi connectivity index (χ3n) is 2.93. The maximum absolute atomic E-state index is 11.0. The van der Waals surface area contributed by atoms with Crippen LogP contribution in [0.25, 0.3) is 4.96 Å². The minimum Gasteiger partial charge on any atom is -0.493 e. The fourth-order valence-corrected chi connectivity index (χ4v) is 2.64. The summed E-state index contributed by atoms with van der Waals surface area (Å²) in [7, 11) is 1.51. The molecule has 7 heteroatoms. The summed E-state index contributed by atoms with van der Waals surface area (Å²) in [6.07, 6.45) is 3.79. The monoisotopic (exact) mass is 304 g/mol. The van der Waals surface area contributed by atoms with Crippen molar-refractivity contribution in [3.8, 4) is 11.5 Å². The molecule has 0 radical (unpaired) electrons. The number of hydrogen-bond donors (Lipinski definition) is 1. The largest absolute Gasteiger partial charge is 0.493 e. The van der Waals surface area contributed by atoms with E-state index in [1.54, 1.807) is 6.07 Å². The molecule has 0 unspecified atom stereocenters. The third kappa shape index (κ3) is 2.68. The number of hydrogen-bond acceptors (Lipinski definition) is 5. The van der Waals surface area contributed by atoms with Crippen molar-refractivity contribution in [3.63, 3.8) is 0 Å². The topological polar surface area (TPSA) is 73.1 Å². The van der Waals surface area contributed by atoms with Crippen molar-refractivity contribution in [1.82, 2.24) is 9.38 Å². The second-order valence-corrected chi connectivity index (χ2v) is 5.16. The minimum atomic E-state index is -1.01.